The highest BCUT2D eigenvalue weighted by molar-refractivity contribution is 5.97. The van der Waals surface area contributed by atoms with Crippen LogP contribution in [0.5, 0.6) is 0 Å². The minimum Gasteiger partial charge on any atom is -0.454 e. The summed E-state index contributed by atoms with van der Waals surface area (Å²) in [5.74, 6) is -1.55. The molecule has 0 saturated heterocycles. The number of nitrogens with one attached hydrogen (secondary N) is 2. The van der Waals surface area contributed by atoms with Crippen LogP contribution in [0.1, 0.15) is 50.5 Å². The van der Waals surface area contributed by atoms with Gasteiger partial charge in [0.2, 0.25) is 0 Å². The van der Waals surface area contributed by atoms with Crippen molar-refractivity contribution in [2.75, 3.05) is 13.7 Å². The molecule has 2 amide bonds. The number of amides is 2. The smallest absolute Gasteiger partial charge is 0.329 e. The van der Waals surface area contributed by atoms with Crippen LogP contribution in [0.4, 0.5) is 0 Å². The molecule has 1 rings (SSSR count). The Morgan fingerprint density at radius 2 is 1.64 bits per heavy atom. The molecule has 0 aliphatic carbocycles. The van der Waals surface area contributed by atoms with Crippen LogP contribution in [0.25, 0.3) is 0 Å². The Morgan fingerprint density at radius 3 is 2.08 bits per heavy atom. The van der Waals surface area contributed by atoms with Gasteiger partial charge in [-0.1, -0.05) is 46.8 Å². The van der Waals surface area contributed by atoms with Gasteiger partial charge in [0.15, 0.2) is 6.61 Å². The Balaban J connectivity index is 2.79. The number of hydrogen-bond donors (Lipinski definition) is 2. The van der Waals surface area contributed by atoms with E-state index in [1.807, 2.05) is 12.1 Å². The number of hydrogen-bond acceptors (Lipinski definition) is 4. The second kappa shape index (κ2) is 8.65. The molecule has 6 heteroatoms. The molecule has 0 heterocycles. The monoisotopic (exact) mass is 348 g/mol. The van der Waals surface area contributed by atoms with Crippen molar-refractivity contribution in [2.45, 2.75) is 46.1 Å². The van der Waals surface area contributed by atoms with E-state index in [9.17, 15) is 14.4 Å². The first-order chi connectivity index (χ1) is 11.6. The van der Waals surface area contributed by atoms with Crippen molar-refractivity contribution < 1.29 is 19.1 Å². The molecule has 25 heavy (non-hydrogen) atoms. The summed E-state index contributed by atoms with van der Waals surface area (Å²) in [5.41, 5.74) is 1.59. The maximum atomic E-state index is 12.4. The van der Waals surface area contributed by atoms with Gasteiger partial charge in [0.1, 0.15) is 6.04 Å². The first kappa shape index (κ1) is 20.7. The van der Waals surface area contributed by atoms with Crippen molar-refractivity contribution in [3.63, 3.8) is 0 Å². The zero-order valence-electron chi connectivity index (χ0n) is 15.8. The number of ether oxygens (including phenoxy) is 1. The Kier molecular flexibility index (Phi) is 7.15. The molecule has 0 fully saturated rings. The number of benzene rings is 1. The molecular formula is C19H28N2O4. The van der Waals surface area contributed by atoms with Crippen LogP contribution in [0.3, 0.4) is 0 Å². The lowest BCUT2D eigenvalue weighted by molar-refractivity contribution is -0.151. The summed E-state index contributed by atoms with van der Waals surface area (Å²) in [5, 5.41) is 5.06. The average molecular weight is 348 g/mol. The number of rotatable bonds is 6. The Hall–Kier alpha value is -2.37. The number of esters is 1. The van der Waals surface area contributed by atoms with E-state index in [1.165, 1.54) is 7.05 Å². The van der Waals surface area contributed by atoms with Gasteiger partial charge < -0.3 is 15.4 Å². The summed E-state index contributed by atoms with van der Waals surface area (Å²) in [4.78, 5) is 35.8. The molecule has 6 nitrogen and oxygen atoms in total. The molecule has 0 saturated carbocycles. The molecule has 1 aromatic rings. The van der Waals surface area contributed by atoms with Gasteiger partial charge in [0, 0.05) is 12.6 Å². The van der Waals surface area contributed by atoms with Crippen molar-refractivity contribution in [1.29, 1.82) is 0 Å². The first-order valence-electron chi connectivity index (χ1n) is 8.35. The van der Waals surface area contributed by atoms with Crippen LogP contribution < -0.4 is 10.6 Å². The van der Waals surface area contributed by atoms with E-state index in [-0.39, 0.29) is 23.8 Å². The van der Waals surface area contributed by atoms with Gasteiger partial charge in [-0.15, -0.1) is 0 Å². The Bertz CT molecular complexity index is 615. The fourth-order valence-corrected chi connectivity index (χ4v) is 2.14. The van der Waals surface area contributed by atoms with E-state index in [0.29, 0.717) is 5.56 Å². The maximum absolute atomic E-state index is 12.4. The highest BCUT2D eigenvalue weighted by Crippen LogP contribution is 2.22. The first-order valence-corrected chi connectivity index (χ1v) is 8.35. The van der Waals surface area contributed by atoms with Gasteiger partial charge in [-0.25, -0.2) is 4.79 Å². The summed E-state index contributed by atoms with van der Waals surface area (Å²) < 4.78 is 4.95. The van der Waals surface area contributed by atoms with Crippen molar-refractivity contribution in [3.05, 3.63) is 35.4 Å². The van der Waals surface area contributed by atoms with Gasteiger partial charge in [0.25, 0.3) is 11.8 Å². The average Bonchev–Trinajstić information content (AvgIpc) is 2.55. The molecule has 1 atom stereocenters. The highest BCUT2D eigenvalue weighted by Gasteiger charge is 2.26. The molecule has 0 bridgehead atoms. The number of likely N-dealkylation sites (N-methyl/N-ethyl adjacent to an activating group) is 1. The quantitative estimate of drug-likeness (QED) is 0.771. The molecule has 138 valence electrons. The molecule has 1 aromatic carbocycles. The zero-order chi connectivity index (χ0) is 19.2. The molecular weight excluding hydrogens is 320 g/mol. The van der Waals surface area contributed by atoms with E-state index >= 15 is 0 Å². The van der Waals surface area contributed by atoms with Crippen molar-refractivity contribution in [2.24, 2.45) is 5.92 Å². The lowest BCUT2D eigenvalue weighted by Crippen LogP contribution is -2.46. The lowest BCUT2D eigenvalue weighted by atomic mass is 9.86. The van der Waals surface area contributed by atoms with Crippen LogP contribution in [0, 0.1) is 5.92 Å². The van der Waals surface area contributed by atoms with Crippen LogP contribution in [-0.2, 0) is 19.7 Å². The molecule has 0 radical (unpaired) electrons. The Morgan fingerprint density at radius 1 is 1.08 bits per heavy atom. The van der Waals surface area contributed by atoms with Crippen molar-refractivity contribution in [1.82, 2.24) is 10.6 Å². The third kappa shape index (κ3) is 6.21. The normalized spacial score (nSPS) is 12.4. The Labute approximate surface area is 149 Å². The predicted octanol–water partition coefficient (Wildman–Crippen LogP) is 2.03. The third-order valence-electron chi connectivity index (χ3n) is 3.84. The van der Waals surface area contributed by atoms with Gasteiger partial charge in [-0.3, -0.25) is 9.59 Å². The summed E-state index contributed by atoms with van der Waals surface area (Å²) >= 11 is 0. The predicted molar refractivity (Wildman–Crippen MR) is 96.3 cm³/mol. The number of carbonyl (C=O) groups excluding carboxylic acids is 3. The fourth-order valence-electron chi connectivity index (χ4n) is 2.14. The molecule has 2 N–H and O–H groups in total. The lowest BCUT2D eigenvalue weighted by Gasteiger charge is -2.21. The second-order valence-corrected chi connectivity index (χ2v) is 7.30. The summed E-state index contributed by atoms with van der Waals surface area (Å²) in [6, 6.07) is 6.47. The molecule has 0 aliphatic rings. The van der Waals surface area contributed by atoms with Crippen LogP contribution >= 0.6 is 0 Å². The summed E-state index contributed by atoms with van der Waals surface area (Å²) in [7, 11) is 1.46. The second-order valence-electron chi connectivity index (χ2n) is 7.30. The molecule has 0 spiro atoms. The van der Waals surface area contributed by atoms with E-state index in [0.717, 1.165) is 5.56 Å². The molecule has 0 aliphatic heterocycles. The van der Waals surface area contributed by atoms with Gasteiger partial charge in [-0.2, -0.15) is 0 Å². The summed E-state index contributed by atoms with van der Waals surface area (Å²) in [6.07, 6.45) is 0. The van der Waals surface area contributed by atoms with E-state index in [2.05, 4.69) is 31.4 Å². The third-order valence-corrected chi connectivity index (χ3v) is 3.84. The van der Waals surface area contributed by atoms with Crippen molar-refractivity contribution in [3.8, 4) is 0 Å². The zero-order valence-corrected chi connectivity index (χ0v) is 15.8. The van der Waals surface area contributed by atoms with E-state index in [4.69, 9.17) is 4.74 Å². The van der Waals surface area contributed by atoms with Crippen LogP contribution in [0.15, 0.2) is 24.3 Å². The standard InChI is InChI=1S/C19H28N2O4/c1-12(2)16(18(24)25-11-15(22)20-6)21-17(23)13-7-9-14(10-8-13)19(3,4)5/h7-10,12,16H,11H2,1-6H3,(H,20,22)(H,21,23)/t16-/m1/s1. The summed E-state index contributed by atoms with van der Waals surface area (Å²) in [6.45, 7) is 9.52. The van der Waals surface area contributed by atoms with Crippen molar-refractivity contribution >= 4 is 17.8 Å². The minimum absolute atomic E-state index is 0.000862. The number of carbonyl (C=O) groups is 3. The van der Waals surface area contributed by atoms with Crippen LogP contribution in [0.2, 0.25) is 0 Å². The highest BCUT2D eigenvalue weighted by atomic mass is 16.5. The topological polar surface area (TPSA) is 84.5 Å². The molecule has 0 unspecified atom stereocenters. The van der Waals surface area contributed by atoms with E-state index in [1.54, 1.807) is 26.0 Å². The van der Waals surface area contributed by atoms with Crippen LogP contribution in [-0.4, -0.2) is 37.5 Å². The maximum Gasteiger partial charge on any atom is 0.329 e. The largest absolute Gasteiger partial charge is 0.454 e. The van der Waals surface area contributed by atoms with E-state index < -0.39 is 17.9 Å². The van der Waals surface area contributed by atoms with Gasteiger partial charge in [-0.05, 0) is 29.0 Å². The SMILES string of the molecule is CNC(=O)COC(=O)[C@H](NC(=O)c1ccc(C(C)(C)C)cc1)C(C)C. The minimum atomic E-state index is -0.820. The van der Waals surface area contributed by atoms with Gasteiger partial charge >= 0.3 is 5.97 Å². The fraction of sp³-hybridized carbons (Fsp3) is 0.526. The molecule has 0 aromatic heterocycles. The van der Waals surface area contributed by atoms with Gasteiger partial charge in [0.05, 0.1) is 0 Å².